The Bertz CT molecular complexity index is 581. The molecule has 0 spiro atoms. The maximum Gasteiger partial charge on any atom is 0.223 e. The zero-order chi connectivity index (χ0) is 27.2. The van der Waals surface area contributed by atoms with Crippen molar-refractivity contribution in [1.82, 2.24) is 0 Å². The molecule has 0 aromatic heterocycles. The van der Waals surface area contributed by atoms with Crippen LogP contribution in [0, 0.1) is 0 Å². The molecule has 1 atom stereocenters. The highest BCUT2D eigenvalue weighted by Gasteiger charge is 2.08. The summed E-state index contributed by atoms with van der Waals surface area (Å²) in [6, 6.07) is 9.19. The summed E-state index contributed by atoms with van der Waals surface area (Å²) in [5, 5.41) is 17.9. The summed E-state index contributed by atoms with van der Waals surface area (Å²) in [5.41, 5.74) is 0. The van der Waals surface area contributed by atoms with E-state index in [-0.39, 0.29) is 13.2 Å². The number of para-hydroxylation sites is 1. The van der Waals surface area contributed by atoms with E-state index in [1.807, 2.05) is 18.2 Å². The van der Waals surface area contributed by atoms with Crippen molar-refractivity contribution in [2.75, 3.05) is 126 Å². The van der Waals surface area contributed by atoms with E-state index >= 15 is 0 Å². The van der Waals surface area contributed by atoms with Crippen LogP contribution >= 0.6 is 0 Å². The monoisotopic (exact) mass is 550 g/mol. The van der Waals surface area contributed by atoms with E-state index in [2.05, 4.69) is 0 Å². The molecule has 12 heteroatoms. The first-order valence-corrected chi connectivity index (χ1v) is 13.0. The van der Waals surface area contributed by atoms with Crippen LogP contribution in [-0.4, -0.2) is 142 Å². The number of aliphatic hydroxyl groups is 2. The lowest BCUT2D eigenvalue weighted by Crippen LogP contribution is -2.26. The molecule has 0 aliphatic heterocycles. The van der Waals surface area contributed by atoms with Crippen LogP contribution in [0.1, 0.15) is 0 Å². The number of hydrogen-bond acceptors (Lipinski definition) is 12. The minimum absolute atomic E-state index is 0.0230. The van der Waals surface area contributed by atoms with Crippen molar-refractivity contribution in [1.29, 1.82) is 0 Å². The van der Waals surface area contributed by atoms with Gasteiger partial charge in [-0.25, -0.2) is 0 Å². The van der Waals surface area contributed by atoms with E-state index in [0.29, 0.717) is 118 Å². The molecule has 1 aromatic rings. The van der Waals surface area contributed by atoms with Crippen LogP contribution in [-0.2, 0) is 42.6 Å². The molecule has 1 unspecified atom stereocenters. The lowest BCUT2D eigenvalue weighted by molar-refractivity contribution is -0.119. The number of ether oxygens (including phenoxy) is 10. The van der Waals surface area contributed by atoms with Crippen LogP contribution in [0.2, 0.25) is 0 Å². The van der Waals surface area contributed by atoms with Crippen molar-refractivity contribution in [3.05, 3.63) is 30.3 Å². The zero-order valence-corrected chi connectivity index (χ0v) is 22.4. The Hall–Kier alpha value is -1.42. The van der Waals surface area contributed by atoms with Crippen LogP contribution in [0.5, 0.6) is 5.75 Å². The van der Waals surface area contributed by atoms with Gasteiger partial charge >= 0.3 is 0 Å². The molecule has 38 heavy (non-hydrogen) atoms. The Labute approximate surface area is 225 Å². The molecule has 0 aliphatic rings. The van der Waals surface area contributed by atoms with Gasteiger partial charge in [-0.3, -0.25) is 0 Å². The number of rotatable bonds is 30. The lowest BCUT2D eigenvalue weighted by Gasteiger charge is -2.17. The number of aliphatic hydroxyl groups excluding tert-OH is 2. The van der Waals surface area contributed by atoms with Crippen molar-refractivity contribution < 1.29 is 57.6 Å². The Kier molecular flexibility index (Phi) is 26.0. The molecule has 1 rings (SSSR count). The molecule has 0 amide bonds. The second-order valence-electron chi connectivity index (χ2n) is 7.54. The summed E-state index contributed by atoms with van der Waals surface area (Å²) in [5.74, 6) is 0.637. The predicted molar refractivity (Wildman–Crippen MR) is 138 cm³/mol. The van der Waals surface area contributed by atoms with E-state index in [1.165, 1.54) is 0 Å². The van der Waals surface area contributed by atoms with Crippen LogP contribution in [0.3, 0.4) is 0 Å². The third kappa shape index (κ3) is 23.7. The van der Waals surface area contributed by atoms with E-state index in [4.69, 9.17) is 52.5 Å². The Balaban J connectivity index is 1.70. The predicted octanol–water partition coefficient (Wildman–Crippen LogP) is 0.526. The van der Waals surface area contributed by atoms with E-state index in [1.54, 1.807) is 12.1 Å². The van der Waals surface area contributed by atoms with Crippen LogP contribution in [0.15, 0.2) is 30.3 Å². The highest BCUT2D eigenvalue weighted by atomic mass is 16.7. The van der Waals surface area contributed by atoms with Crippen LogP contribution < -0.4 is 4.74 Å². The first kappa shape index (κ1) is 34.6. The maximum atomic E-state index is 9.33. The first-order valence-electron chi connectivity index (χ1n) is 13.0. The summed E-state index contributed by atoms with van der Waals surface area (Å²) < 4.78 is 53.9. The molecule has 0 fully saturated rings. The topological polar surface area (TPSA) is 133 Å². The van der Waals surface area contributed by atoms with Gasteiger partial charge in [0.05, 0.1) is 119 Å². The van der Waals surface area contributed by atoms with E-state index in [0.717, 1.165) is 0 Å². The van der Waals surface area contributed by atoms with Crippen molar-refractivity contribution in [2.45, 2.75) is 6.29 Å². The fraction of sp³-hybridized carbons (Fsp3) is 0.769. The highest BCUT2D eigenvalue weighted by Crippen LogP contribution is 2.11. The van der Waals surface area contributed by atoms with Gasteiger partial charge in [0, 0.05) is 0 Å². The van der Waals surface area contributed by atoms with E-state index in [9.17, 15) is 5.11 Å². The summed E-state index contributed by atoms with van der Waals surface area (Å²) in [7, 11) is 0. The van der Waals surface area contributed by atoms with E-state index < -0.39 is 6.29 Å². The molecule has 12 nitrogen and oxygen atoms in total. The molecule has 0 radical (unpaired) electrons. The van der Waals surface area contributed by atoms with Crippen LogP contribution in [0.25, 0.3) is 0 Å². The fourth-order valence-electron chi connectivity index (χ4n) is 2.72. The maximum absolute atomic E-state index is 9.33. The van der Waals surface area contributed by atoms with Gasteiger partial charge in [-0.15, -0.1) is 0 Å². The minimum atomic E-state index is -0.725. The SMILES string of the molecule is OCCOCCOCCOCCOCCOCCOCCOCCOCCOC(CO)Oc1ccccc1. The average molecular weight is 551 g/mol. The number of hydrogen-bond donors (Lipinski definition) is 2. The van der Waals surface area contributed by atoms with Gasteiger partial charge in [0.15, 0.2) is 0 Å². The van der Waals surface area contributed by atoms with Crippen molar-refractivity contribution in [2.24, 2.45) is 0 Å². The second-order valence-corrected chi connectivity index (χ2v) is 7.54. The van der Waals surface area contributed by atoms with Gasteiger partial charge < -0.3 is 57.6 Å². The lowest BCUT2D eigenvalue weighted by atomic mass is 10.3. The Morgan fingerprint density at radius 3 is 1.13 bits per heavy atom. The van der Waals surface area contributed by atoms with Gasteiger partial charge in [-0.2, -0.15) is 0 Å². The number of benzene rings is 1. The molecule has 2 N–H and O–H groups in total. The molecular formula is C26H46O12. The molecule has 0 aliphatic carbocycles. The average Bonchev–Trinajstić information content (AvgIpc) is 2.94. The molecule has 222 valence electrons. The van der Waals surface area contributed by atoms with Gasteiger partial charge in [-0.1, -0.05) is 18.2 Å². The van der Waals surface area contributed by atoms with Crippen LogP contribution in [0.4, 0.5) is 0 Å². The second kappa shape index (κ2) is 28.6. The van der Waals surface area contributed by atoms with Gasteiger partial charge in [0.1, 0.15) is 12.4 Å². The molecule has 0 saturated heterocycles. The molecular weight excluding hydrogens is 504 g/mol. The molecule has 0 heterocycles. The molecule has 0 bridgehead atoms. The first-order chi connectivity index (χ1) is 18.9. The third-order valence-corrected chi connectivity index (χ3v) is 4.53. The summed E-state index contributed by atoms with van der Waals surface area (Å²) >= 11 is 0. The van der Waals surface area contributed by atoms with Crippen molar-refractivity contribution in [3.8, 4) is 5.75 Å². The zero-order valence-electron chi connectivity index (χ0n) is 22.4. The summed E-state index contributed by atoms with van der Waals surface area (Å²) in [6.45, 7) is 7.57. The Morgan fingerprint density at radius 1 is 0.447 bits per heavy atom. The fourth-order valence-corrected chi connectivity index (χ4v) is 2.72. The summed E-state index contributed by atoms with van der Waals surface area (Å²) in [4.78, 5) is 0. The van der Waals surface area contributed by atoms with Crippen molar-refractivity contribution >= 4 is 0 Å². The highest BCUT2D eigenvalue weighted by molar-refractivity contribution is 5.21. The normalized spacial score (nSPS) is 12.2. The summed E-state index contributed by atoms with van der Waals surface area (Å²) in [6.07, 6.45) is -0.725. The van der Waals surface area contributed by atoms with Gasteiger partial charge in [-0.05, 0) is 12.1 Å². The smallest absolute Gasteiger partial charge is 0.223 e. The van der Waals surface area contributed by atoms with Crippen molar-refractivity contribution in [3.63, 3.8) is 0 Å². The standard InChI is InChI=1S/C26H46O12/c27-6-7-29-8-9-30-10-11-31-12-13-32-14-15-33-16-17-34-18-19-35-20-21-36-22-23-37-26(24-28)38-25-4-2-1-3-5-25/h1-5,26-28H,6-24H2. The Morgan fingerprint density at radius 2 is 0.789 bits per heavy atom. The molecule has 1 aromatic carbocycles. The molecule has 0 saturated carbocycles. The van der Waals surface area contributed by atoms with Gasteiger partial charge in [0.25, 0.3) is 0 Å². The quantitative estimate of drug-likeness (QED) is 0.102. The minimum Gasteiger partial charge on any atom is -0.462 e. The largest absolute Gasteiger partial charge is 0.462 e. The third-order valence-electron chi connectivity index (χ3n) is 4.53. The van der Waals surface area contributed by atoms with Gasteiger partial charge in [0.2, 0.25) is 6.29 Å².